The van der Waals surface area contributed by atoms with Crippen LogP contribution >= 0.6 is 0 Å². The maximum absolute atomic E-state index is 5.96. The summed E-state index contributed by atoms with van der Waals surface area (Å²) in [7, 11) is 0. The lowest BCUT2D eigenvalue weighted by Crippen LogP contribution is -2.16. The molecule has 1 unspecified atom stereocenters. The lowest BCUT2D eigenvalue weighted by atomic mass is 10.1. The summed E-state index contributed by atoms with van der Waals surface area (Å²) in [5.74, 6) is 0.691. The number of rotatable bonds is 9. The van der Waals surface area contributed by atoms with Crippen molar-refractivity contribution >= 4 is 0 Å². The lowest BCUT2D eigenvalue weighted by molar-refractivity contribution is 0.0393. The van der Waals surface area contributed by atoms with Crippen molar-refractivity contribution in [1.29, 1.82) is 0 Å². The Labute approximate surface area is 118 Å². The molecule has 0 aliphatic carbocycles. The van der Waals surface area contributed by atoms with Gasteiger partial charge in [0.25, 0.3) is 0 Å². The van der Waals surface area contributed by atoms with Crippen LogP contribution < -0.4 is 5.32 Å². The highest BCUT2D eigenvalue weighted by Crippen LogP contribution is 2.14. The average molecular weight is 263 g/mol. The SMILES string of the molecule is CCCNCc1ccccc1COC(C)CC(C)C. The maximum atomic E-state index is 5.96. The van der Waals surface area contributed by atoms with Crippen LogP contribution in [-0.4, -0.2) is 12.6 Å². The van der Waals surface area contributed by atoms with E-state index in [-0.39, 0.29) is 0 Å². The normalized spacial score (nSPS) is 12.9. The van der Waals surface area contributed by atoms with Crippen molar-refractivity contribution in [3.8, 4) is 0 Å². The minimum Gasteiger partial charge on any atom is -0.374 e. The summed E-state index contributed by atoms with van der Waals surface area (Å²) in [6.07, 6.45) is 2.62. The first-order chi connectivity index (χ1) is 9.13. The number of hydrogen-bond donors (Lipinski definition) is 1. The molecule has 1 N–H and O–H groups in total. The van der Waals surface area contributed by atoms with E-state index < -0.39 is 0 Å². The smallest absolute Gasteiger partial charge is 0.0723 e. The second-order valence-electron chi connectivity index (χ2n) is 5.70. The molecule has 0 fully saturated rings. The summed E-state index contributed by atoms with van der Waals surface area (Å²) in [5.41, 5.74) is 2.66. The van der Waals surface area contributed by atoms with E-state index >= 15 is 0 Å². The highest BCUT2D eigenvalue weighted by atomic mass is 16.5. The molecule has 1 aromatic rings. The average Bonchev–Trinajstić information content (AvgIpc) is 2.37. The molecular weight excluding hydrogens is 234 g/mol. The zero-order chi connectivity index (χ0) is 14.1. The molecule has 0 saturated carbocycles. The van der Waals surface area contributed by atoms with Crippen LogP contribution in [0.1, 0.15) is 51.7 Å². The molecule has 108 valence electrons. The van der Waals surface area contributed by atoms with E-state index in [1.54, 1.807) is 0 Å². The highest BCUT2D eigenvalue weighted by molar-refractivity contribution is 5.26. The van der Waals surface area contributed by atoms with Gasteiger partial charge in [-0.1, -0.05) is 45.0 Å². The van der Waals surface area contributed by atoms with Crippen LogP contribution in [0.4, 0.5) is 0 Å². The molecule has 0 heterocycles. The van der Waals surface area contributed by atoms with Gasteiger partial charge < -0.3 is 10.1 Å². The van der Waals surface area contributed by atoms with E-state index in [9.17, 15) is 0 Å². The van der Waals surface area contributed by atoms with Crippen LogP contribution in [0.2, 0.25) is 0 Å². The van der Waals surface area contributed by atoms with E-state index in [2.05, 4.69) is 57.3 Å². The zero-order valence-electron chi connectivity index (χ0n) is 12.9. The molecule has 0 radical (unpaired) electrons. The second-order valence-corrected chi connectivity index (χ2v) is 5.70. The van der Waals surface area contributed by atoms with E-state index in [0.29, 0.717) is 12.0 Å². The minimum atomic E-state index is 0.330. The van der Waals surface area contributed by atoms with Gasteiger partial charge in [0.1, 0.15) is 0 Å². The monoisotopic (exact) mass is 263 g/mol. The minimum absolute atomic E-state index is 0.330. The van der Waals surface area contributed by atoms with E-state index in [1.165, 1.54) is 17.5 Å². The molecule has 0 aliphatic rings. The Morgan fingerprint density at radius 2 is 1.79 bits per heavy atom. The van der Waals surface area contributed by atoms with Crippen LogP contribution in [0.5, 0.6) is 0 Å². The fraction of sp³-hybridized carbons (Fsp3) is 0.647. The highest BCUT2D eigenvalue weighted by Gasteiger charge is 2.07. The molecule has 1 atom stereocenters. The molecule has 2 nitrogen and oxygen atoms in total. The van der Waals surface area contributed by atoms with Gasteiger partial charge >= 0.3 is 0 Å². The number of benzene rings is 1. The molecule has 0 bridgehead atoms. The summed E-state index contributed by atoms with van der Waals surface area (Å²) in [6, 6.07) is 8.55. The van der Waals surface area contributed by atoms with Gasteiger partial charge in [-0.3, -0.25) is 0 Å². The third-order valence-corrected chi connectivity index (χ3v) is 3.19. The largest absolute Gasteiger partial charge is 0.374 e. The first kappa shape index (κ1) is 16.2. The molecule has 0 amide bonds. The fourth-order valence-electron chi connectivity index (χ4n) is 2.23. The van der Waals surface area contributed by atoms with Gasteiger partial charge in [0.05, 0.1) is 12.7 Å². The van der Waals surface area contributed by atoms with Gasteiger partial charge in [-0.15, -0.1) is 0 Å². The topological polar surface area (TPSA) is 21.3 Å². The summed E-state index contributed by atoms with van der Waals surface area (Å²) >= 11 is 0. The molecule has 0 aliphatic heterocycles. The van der Waals surface area contributed by atoms with Gasteiger partial charge in [0.15, 0.2) is 0 Å². The Hall–Kier alpha value is -0.860. The number of nitrogens with one attached hydrogen (secondary N) is 1. The van der Waals surface area contributed by atoms with Gasteiger partial charge in [0.2, 0.25) is 0 Å². The predicted octanol–water partition coefficient (Wildman–Crippen LogP) is 4.14. The van der Waals surface area contributed by atoms with Crippen molar-refractivity contribution in [2.45, 2.75) is 59.8 Å². The molecule has 1 aromatic carbocycles. The first-order valence-electron chi connectivity index (χ1n) is 7.52. The summed E-state index contributed by atoms with van der Waals surface area (Å²) in [6.45, 7) is 11.6. The Balaban J connectivity index is 2.47. The molecule has 0 aromatic heterocycles. The lowest BCUT2D eigenvalue weighted by Gasteiger charge is -2.17. The van der Waals surface area contributed by atoms with Crippen molar-refractivity contribution in [3.63, 3.8) is 0 Å². The van der Waals surface area contributed by atoms with E-state index in [4.69, 9.17) is 4.74 Å². The zero-order valence-corrected chi connectivity index (χ0v) is 12.9. The van der Waals surface area contributed by atoms with Gasteiger partial charge in [-0.25, -0.2) is 0 Å². The summed E-state index contributed by atoms with van der Waals surface area (Å²) < 4.78 is 5.96. The van der Waals surface area contributed by atoms with E-state index in [1.807, 2.05) is 0 Å². The van der Waals surface area contributed by atoms with Crippen LogP contribution in [0, 0.1) is 5.92 Å². The molecule has 0 saturated heterocycles. The van der Waals surface area contributed by atoms with Crippen LogP contribution in [0.3, 0.4) is 0 Å². The van der Waals surface area contributed by atoms with Crippen molar-refractivity contribution < 1.29 is 4.74 Å². The van der Waals surface area contributed by atoms with Crippen molar-refractivity contribution in [2.75, 3.05) is 6.54 Å². The number of hydrogen-bond acceptors (Lipinski definition) is 2. The molecular formula is C17H29NO. The van der Waals surface area contributed by atoms with Gasteiger partial charge in [-0.2, -0.15) is 0 Å². The van der Waals surface area contributed by atoms with Gasteiger partial charge in [0, 0.05) is 6.54 Å². The third kappa shape index (κ3) is 6.74. The molecule has 1 rings (SSSR count). The molecule has 2 heteroatoms. The van der Waals surface area contributed by atoms with Crippen LogP contribution in [0.25, 0.3) is 0 Å². The first-order valence-corrected chi connectivity index (χ1v) is 7.52. The second kappa shape index (κ2) is 9.11. The van der Waals surface area contributed by atoms with E-state index in [0.717, 1.165) is 26.1 Å². The third-order valence-electron chi connectivity index (χ3n) is 3.19. The number of ether oxygens (including phenoxy) is 1. The quantitative estimate of drug-likeness (QED) is 0.676. The van der Waals surface area contributed by atoms with Crippen LogP contribution in [0.15, 0.2) is 24.3 Å². The fourth-order valence-corrected chi connectivity index (χ4v) is 2.23. The Bertz CT molecular complexity index is 349. The standard InChI is InChI=1S/C17H29NO/c1-5-10-18-12-16-8-6-7-9-17(16)13-19-15(4)11-14(2)3/h6-9,14-15,18H,5,10-13H2,1-4H3. The Kier molecular flexibility index (Phi) is 7.76. The summed E-state index contributed by atoms with van der Waals surface area (Å²) in [4.78, 5) is 0. The maximum Gasteiger partial charge on any atom is 0.0723 e. The Morgan fingerprint density at radius 3 is 2.42 bits per heavy atom. The molecule has 0 spiro atoms. The Morgan fingerprint density at radius 1 is 1.11 bits per heavy atom. The van der Waals surface area contributed by atoms with Crippen molar-refractivity contribution in [2.24, 2.45) is 5.92 Å². The van der Waals surface area contributed by atoms with Gasteiger partial charge in [-0.05, 0) is 43.4 Å². The van der Waals surface area contributed by atoms with Crippen LogP contribution in [-0.2, 0) is 17.9 Å². The summed E-state index contributed by atoms with van der Waals surface area (Å²) in [5, 5.41) is 3.46. The van der Waals surface area contributed by atoms with Crippen molar-refractivity contribution in [3.05, 3.63) is 35.4 Å². The predicted molar refractivity (Wildman–Crippen MR) is 82.1 cm³/mol. The molecule has 19 heavy (non-hydrogen) atoms. The van der Waals surface area contributed by atoms with Crippen molar-refractivity contribution in [1.82, 2.24) is 5.32 Å².